The maximum Gasteiger partial charge on any atom is 0.306 e. The lowest BCUT2D eigenvalue weighted by atomic mass is 9.98. The van der Waals surface area contributed by atoms with Crippen LogP contribution in [0.25, 0.3) is 11.2 Å². The number of hydrogen-bond acceptors (Lipinski definition) is 9. The molecule has 1 aliphatic rings. The topological polar surface area (TPSA) is 151 Å². The van der Waals surface area contributed by atoms with Gasteiger partial charge in [0.05, 0.1) is 6.33 Å². The zero-order valence-electron chi connectivity index (χ0n) is 15.3. The second-order valence-corrected chi connectivity index (χ2v) is 7.20. The Labute approximate surface area is 154 Å². The first-order valence-electron chi connectivity index (χ1n) is 8.54. The van der Waals surface area contributed by atoms with Gasteiger partial charge < -0.3 is 26.0 Å². The summed E-state index contributed by atoms with van der Waals surface area (Å²) in [5, 5.41) is 10.4. The number of aliphatic hydroxyl groups excluding tert-OH is 1. The Morgan fingerprint density at radius 2 is 2.19 bits per heavy atom. The van der Waals surface area contributed by atoms with Gasteiger partial charge in [-0.25, -0.2) is 9.37 Å². The summed E-state index contributed by atoms with van der Waals surface area (Å²) in [4.78, 5) is 23.6. The van der Waals surface area contributed by atoms with Crippen LogP contribution in [0.4, 0.5) is 16.2 Å². The van der Waals surface area contributed by atoms with Crippen LogP contribution >= 0.6 is 0 Å². The Morgan fingerprint density at radius 1 is 1.48 bits per heavy atom. The van der Waals surface area contributed by atoms with Gasteiger partial charge in [0, 0.05) is 6.42 Å². The highest BCUT2D eigenvalue weighted by Crippen LogP contribution is 2.42. The van der Waals surface area contributed by atoms with Crippen LogP contribution in [0.3, 0.4) is 0 Å². The van der Waals surface area contributed by atoms with E-state index in [0.29, 0.717) is 0 Å². The van der Waals surface area contributed by atoms with Crippen molar-refractivity contribution in [3.63, 3.8) is 0 Å². The highest BCUT2D eigenvalue weighted by Gasteiger charge is 2.55. The summed E-state index contributed by atoms with van der Waals surface area (Å²) in [7, 11) is 0. The number of esters is 1. The lowest BCUT2D eigenvalue weighted by molar-refractivity contribution is -0.150. The van der Waals surface area contributed by atoms with Crippen molar-refractivity contribution in [2.75, 3.05) is 18.1 Å². The molecule has 5 N–H and O–H groups in total. The molecule has 0 bridgehead atoms. The number of ether oxygens (including phenoxy) is 2. The third-order valence-electron chi connectivity index (χ3n) is 4.42. The summed E-state index contributed by atoms with van der Waals surface area (Å²) < 4.78 is 27.3. The maximum atomic E-state index is 15.3. The zero-order valence-corrected chi connectivity index (χ0v) is 15.3. The molecule has 11 heteroatoms. The molecule has 0 aromatic carbocycles. The number of alkyl halides is 1. The van der Waals surface area contributed by atoms with Crippen LogP contribution in [-0.4, -0.2) is 55.1 Å². The molecule has 1 fully saturated rings. The van der Waals surface area contributed by atoms with Gasteiger partial charge in [-0.1, -0.05) is 13.8 Å². The van der Waals surface area contributed by atoms with Crippen molar-refractivity contribution in [3.8, 4) is 0 Å². The normalized spacial score (nSPS) is 28.1. The number of anilines is 2. The molecule has 3 rings (SSSR count). The van der Waals surface area contributed by atoms with E-state index in [4.69, 9.17) is 20.9 Å². The smallest absolute Gasteiger partial charge is 0.306 e. The molecule has 10 nitrogen and oxygen atoms in total. The number of rotatable bonds is 5. The van der Waals surface area contributed by atoms with Crippen molar-refractivity contribution >= 4 is 28.9 Å². The number of nitrogens with zero attached hydrogens (tertiary/aromatic N) is 4. The van der Waals surface area contributed by atoms with Crippen molar-refractivity contribution in [1.82, 2.24) is 19.5 Å². The third kappa shape index (κ3) is 3.52. The number of carbonyl (C=O) groups excluding carboxylic acids is 1. The molecule has 0 unspecified atom stereocenters. The number of hydrogen-bond donors (Lipinski definition) is 3. The summed E-state index contributed by atoms with van der Waals surface area (Å²) in [5.41, 5.74) is 9.60. The van der Waals surface area contributed by atoms with Crippen LogP contribution in [0.2, 0.25) is 0 Å². The summed E-state index contributed by atoms with van der Waals surface area (Å²) in [6.45, 7) is 4.67. The molecule has 0 radical (unpaired) electrons. The highest BCUT2D eigenvalue weighted by atomic mass is 19.1. The fourth-order valence-electron chi connectivity index (χ4n) is 3.05. The van der Waals surface area contributed by atoms with Crippen molar-refractivity contribution in [2.45, 2.75) is 51.3 Å². The van der Waals surface area contributed by atoms with Crippen molar-refractivity contribution < 1.29 is 23.8 Å². The molecule has 0 saturated carbocycles. The Kier molecular flexibility index (Phi) is 4.91. The van der Waals surface area contributed by atoms with Gasteiger partial charge in [0.2, 0.25) is 5.95 Å². The van der Waals surface area contributed by atoms with E-state index in [1.807, 2.05) is 13.8 Å². The Bertz CT molecular complexity index is 855. The van der Waals surface area contributed by atoms with Gasteiger partial charge in [0.15, 0.2) is 23.4 Å². The van der Waals surface area contributed by atoms with E-state index < -0.39 is 30.1 Å². The molecule has 0 amide bonds. The van der Waals surface area contributed by atoms with Crippen molar-refractivity contribution in [1.29, 1.82) is 0 Å². The van der Waals surface area contributed by atoms with Gasteiger partial charge in [-0.2, -0.15) is 9.97 Å². The average Bonchev–Trinajstić information content (AvgIpc) is 3.05. The van der Waals surface area contributed by atoms with Crippen molar-refractivity contribution in [3.05, 3.63) is 6.33 Å². The molecular formula is C16H23FN6O4. The largest absolute Gasteiger partial charge is 0.463 e. The van der Waals surface area contributed by atoms with Gasteiger partial charge in [-0.3, -0.25) is 9.36 Å². The SMILES string of the molecule is CC(C)CC(=O)OC[C@H]1O[C@@H](n2cnc3c(N)nc(N)nc32)[C@](C)(F)[C@@H]1O. The predicted molar refractivity (Wildman–Crippen MR) is 94.0 cm³/mol. The van der Waals surface area contributed by atoms with Crippen LogP contribution in [0, 0.1) is 5.92 Å². The minimum Gasteiger partial charge on any atom is -0.463 e. The van der Waals surface area contributed by atoms with E-state index >= 15 is 4.39 Å². The number of aliphatic hydroxyl groups is 1. The molecule has 148 valence electrons. The van der Waals surface area contributed by atoms with Crippen LogP contribution < -0.4 is 11.5 Å². The van der Waals surface area contributed by atoms with Gasteiger partial charge in [-0.15, -0.1) is 0 Å². The number of imidazole rings is 1. The van der Waals surface area contributed by atoms with Gasteiger partial charge in [-0.05, 0) is 12.8 Å². The summed E-state index contributed by atoms with van der Waals surface area (Å²) in [5.74, 6) is -0.361. The van der Waals surface area contributed by atoms with Gasteiger partial charge in [0.25, 0.3) is 0 Å². The van der Waals surface area contributed by atoms with E-state index in [1.54, 1.807) is 0 Å². The van der Waals surface area contributed by atoms with E-state index in [-0.39, 0.29) is 41.9 Å². The van der Waals surface area contributed by atoms with Gasteiger partial charge in [0.1, 0.15) is 24.3 Å². The summed E-state index contributed by atoms with van der Waals surface area (Å²) >= 11 is 0. The number of aromatic nitrogens is 4. The number of carbonyl (C=O) groups is 1. The Hall–Kier alpha value is -2.53. The van der Waals surface area contributed by atoms with Crippen LogP contribution in [-0.2, 0) is 14.3 Å². The molecule has 0 aliphatic carbocycles. The molecule has 1 aliphatic heterocycles. The van der Waals surface area contributed by atoms with E-state index in [2.05, 4.69) is 15.0 Å². The molecule has 4 atom stereocenters. The van der Waals surface area contributed by atoms with E-state index in [0.717, 1.165) is 0 Å². The van der Waals surface area contributed by atoms with Crippen molar-refractivity contribution in [2.24, 2.45) is 5.92 Å². The maximum absolute atomic E-state index is 15.3. The fourth-order valence-corrected chi connectivity index (χ4v) is 3.05. The second kappa shape index (κ2) is 6.89. The van der Waals surface area contributed by atoms with E-state index in [1.165, 1.54) is 17.8 Å². The average molecular weight is 382 g/mol. The first-order chi connectivity index (χ1) is 12.6. The lowest BCUT2D eigenvalue weighted by Crippen LogP contribution is -2.41. The first kappa shape index (κ1) is 19.2. The minimum absolute atomic E-state index is 0.0505. The van der Waals surface area contributed by atoms with Crippen LogP contribution in [0.1, 0.15) is 33.4 Å². The quantitative estimate of drug-likeness (QED) is 0.630. The van der Waals surface area contributed by atoms with Gasteiger partial charge >= 0.3 is 5.97 Å². The summed E-state index contributed by atoms with van der Waals surface area (Å²) in [6.07, 6.45) is -2.32. The lowest BCUT2D eigenvalue weighted by Gasteiger charge is -2.24. The summed E-state index contributed by atoms with van der Waals surface area (Å²) in [6, 6.07) is 0. The fraction of sp³-hybridized carbons (Fsp3) is 0.625. The standard InChI is InChI=1S/C16H23FN6O4/c1-7(2)4-9(24)26-5-8-11(25)16(3,17)14(27-8)23-6-20-10-12(18)21-15(19)22-13(10)23/h6-8,11,14,25H,4-5H2,1-3H3,(H4,18,19,21,22)/t8-,11-,14-,16-/m1/s1. The Balaban J connectivity index is 1.84. The first-order valence-corrected chi connectivity index (χ1v) is 8.54. The molecule has 2 aromatic heterocycles. The predicted octanol–water partition coefficient (Wildman–Crippen LogP) is 0.567. The molecule has 3 heterocycles. The second-order valence-electron chi connectivity index (χ2n) is 7.20. The molecule has 27 heavy (non-hydrogen) atoms. The highest BCUT2D eigenvalue weighted by molar-refractivity contribution is 5.82. The van der Waals surface area contributed by atoms with Crippen LogP contribution in [0.15, 0.2) is 6.33 Å². The zero-order chi connectivity index (χ0) is 19.9. The molecule has 2 aromatic rings. The minimum atomic E-state index is -2.20. The molecule has 1 saturated heterocycles. The van der Waals surface area contributed by atoms with Crippen LogP contribution in [0.5, 0.6) is 0 Å². The molecule has 0 spiro atoms. The van der Waals surface area contributed by atoms with E-state index in [9.17, 15) is 9.90 Å². The Morgan fingerprint density at radius 3 is 2.85 bits per heavy atom. The monoisotopic (exact) mass is 382 g/mol. The molecular weight excluding hydrogens is 359 g/mol. The third-order valence-corrected chi connectivity index (χ3v) is 4.42. The number of halogens is 1. The number of fused-ring (bicyclic) bond motifs is 1. The number of nitrogens with two attached hydrogens (primary N) is 2. The number of nitrogen functional groups attached to an aromatic ring is 2.